The lowest BCUT2D eigenvalue weighted by molar-refractivity contribution is -0.561. The smallest absolute Gasteiger partial charge is 0.255 e. The van der Waals surface area contributed by atoms with Crippen molar-refractivity contribution in [3.63, 3.8) is 0 Å². The van der Waals surface area contributed by atoms with Crippen LogP contribution in [-0.4, -0.2) is 47.7 Å². The van der Waals surface area contributed by atoms with Gasteiger partial charge in [0.05, 0.1) is 24.3 Å². The van der Waals surface area contributed by atoms with E-state index in [9.17, 15) is 9.59 Å². The minimum atomic E-state index is -0.687. The number of primary amides is 1. The standard InChI is InChI=1S/C22H31BrN4O3/c1-13(30-22(2,3)4)6-9-18(20(25)28)27-12-15-10-14(7-8-16(15)21(27)29)17(11-24)19(23)26-5/h7-8,10-11,13,18,24,26H,6,9,12H2,1-5H3,(H2,25,28)/p+1/b19-17+,24-11?. The molecular weight excluding hydrogens is 448 g/mol. The van der Waals surface area contributed by atoms with Crippen LogP contribution in [0.1, 0.15) is 62.0 Å². The summed E-state index contributed by atoms with van der Waals surface area (Å²) in [6.07, 6.45) is 2.29. The molecule has 0 fully saturated rings. The fourth-order valence-electron chi connectivity index (χ4n) is 3.71. The molecule has 30 heavy (non-hydrogen) atoms. The molecule has 0 aliphatic carbocycles. The highest BCUT2D eigenvalue weighted by Crippen LogP contribution is 2.30. The molecule has 2 atom stereocenters. The van der Waals surface area contributed by atoms with Crippen molar-refractivity contribution in [3.05, 3.63) is 39.5 Å². The van der Waals surface area contributed by atoms with E-state index in [1.54, 1.807) is 11.0 Å². The van der Waals surface area contributed by atoms with Crippen LogP contribution in [0, 0.1) is 5.41 Å². The number of carbonyl (C=O) groups excluding carboxylic acids is 2. The van der Waals surface area contributed by atoms with Crippen molar-refractivity contribution < 1.29 is 19.6 Å². The van der Waals surface area contributed by atoms with E-state index < -0.39 is 11.9 Å². The molecular formula is C22H32BrN4O3+. The fourth-order valence-corrected chi connectivity index (χ4v) is 4.06. The van der Waals surface area contributed by atoms with Crippen molar-refractivity contribution in [3.8, 4) is 0 Å². The quantitative estimate of drug-likeness (QED) is 0.373. The highest BCUT2D eigenvalue weighted by molar-refractivity contribution is 9.11. The predicted molar refractivity (Wildman–Crippen MR) is 121 cm³/mol. The summed E-state index contributed by atoms with van der Waals surface area (Å²) in [7, 11) is 1.88. The molecule has 2 rings (SSSR count). The Hall–Kier alpha value is -2.03. The number of fused-ring (bicyclic) bond motifs is 1. The molecule has 0 saturated carbocycles. The SMILES string of the molecule is C[NH2+]/C(Br)=C(\C=N)c1ccc2c(c1)CN(C(CCC(C)OC(C)(C)C)C(N)=O)C2=O. The Bertz CT molecular complexity index is 860. The Morgan fingerprint density at radius 1 is 1.40 bits per heavy atom. The third-order valence-electron chi connectivity index (χ3n) is 5.01. The normalized spacial score (nSPS) is 16.7. The van der Waals surface area contributed by atoms with Gasteiger partial charge >= 0.3 is 0 Å². The number of rotatable bonds is 9. The van der Waals surface area contributed by atoms with E-state index in [2.05, 4.69) is 15.9 Å². The molecule has 164 valence electrons. The first kappa shape index (κ1) is 24.2. The first-order valence-corrected chi connectivity index (χ1v) is 10.9. The van der Waals surface area contributed by atoms with Crippen molar-refractivity contribution in [2.45, 2.75) is 64.8 Å². The third-order valence-corrected chi connectivity index (χ3v) is 5.89. The van der Waals surface area contributed by atoms with E-state index in [-0.39, 0.29) is 17.6 Å². The van der Waals surface area contributed by atoms with Crippen LogP contribution in [-0.2, 0) is 16.1 Å². The Labute approximate surface area is 186 Å². The van der Waals surface area contributed by atoms with Crippen LogP contribution in [0.15, 0.2) is 22.8 Å². The zero-order valence-corrected chi connectivity index (χ0v) is 19.9. The molecule has 1 aliphatic heterocycles. The summed E-state index contributed by atoms with van der Waals surface area (Å²) in [5.74, 6) is -0.700. The highest BCUT2D eigenvalue weighted by Gasteiger charge is 2.36. The summed E-state index contributed by atoms with van der Waals surface area (Å²) >= 11 is 3.46. The number of halogens is 1. The molecule has 0 saturated heterocycles. The number of benzene rings is 1. The topological polar surface area (TPSA) is 113 Å². The van der Waals surface area contributed by atoms with E-state index in [0.29, 0.717) is 24.9 Å². The van der Waals surface area contributed by atoms with Crippen molar-refractivity contribution >= 4 is 39.5 Å². The molecule has 0 spiro atoms. The molecule has 5 N–H and O–H groups in total. The Balaban J connectivity index is 2.22. The van der Waals surface area contributed by atoms with Gasteiger partial charge in [0.15, 0.2) is 4.61 Å². The van der Waals surface area contributed by atoms with E-state index in [1.807, 2.05) is 52.2 Å². The van der Waals surface area contributed by atoms with Gasteiger partial charge in [-0.25, -0.2) is 0 Å². The lowest BCUT2D eigenvalue weighted by atomic mass is 10.0. The first-order chi connectivity index (χ1) is 14.0. The van der Waals surface area contributed by atoms with E-state index in [4.69, 9.17) is 15.9 Å². The lowest BCUT2D eigenvalue weighted by Crippen LogP contribution is -2.76. The van der Waals surface area contributed by atoms with Crippen LogP contribution in [0.5, 0.6) is 0 Å². The molecule has 0 aromatic heterocycles. The van der Waals surface area contributed by atoms with Crippen molar-refractivity contribution in [2.75, 3.05) is 7.05 Å². The van der Waals surface area contributed by atoms with Crippen molar-refractivity contribution in [1.29, 1.82) is 5.41 Å². The number of nitrogens with two attached hydrogens (primary N) is 2. The maximum Gasteiger partial charge on any atom is 0.255 e. The Morgan fingerprint density at radius 2 is 2.07 bits per heavy atom. The van der Waals surface area contributed by atoms with Gasteiger partial charge in [0.25, 0.3) is 5.91 Å². The summed E-state index contributed by atoms with van der Waals surface area (Å²) in [6.45, 7) is 8.24. The van der Waals surface area contributed by atoms with Gasteiger partial charge in [-0.15, -0.1) is 0 Å². The summed E-state index contributed by atoms with van der Waals surface area (Å²) in [6, 6.07) is 4.80. The molecule has 1 aliphatic rings. The highest BCUT2D eigenvalue weighted by atomic mass is 79.9. The molecule has 0 radical (unpaired) electrons. The summed E-state index contributed by atoms with van der Waals surface area (Å²) in [5.41, 5.74) is 8.36. The maximum atomic E-state index is 13.0. The molecule has 1 heterocycles. The molecule has 8 heteroatoms. The zero-order valence-electron chi connectivity index (χ0n) is 18.3. The molecule has 1 aromatic carbocycles. The van der Waals surface area contributed by atoms with Crippen LogP contribution in [0.3, 0.4) is 0 Å². The van der Waals surface area contributed by atoms with Gasteiger partial charge in [0.1, 0.15) is 6.04 Å². The van der Waals surface area contributed by atoms with E-state index in [1.165, 1.54) is 6.21 Å². The van der Waals surface area contributed by atoms with Crippen LogP contribution in [0.25, 0.3) is 5.57 Å². The molecule has 2 amide bonds. The second-order valence-electron chi connectivity index (χ2n) is 8.54. The molecule has 0 bridgehead atoms. The number of carbonyl (C=O) groups is 2. The van der Waals surface area contributed by atoms with Crippen LogP contribution >= 0.6 is 15.9 Å². The number of nitrogens with zero attached hydrogens (tertiary/aromatic N) is 1. The number of allylic oxidation sites excluding steroid dienone is 1. The summed E-state index contributed by atoms with van der Waals surface area (Å²) in [4.78, 5) is 26.7. The predicted octanol–water partition coefficient (Wildman–Crippen LogP) is 2.39. The van der Waals surface area contributed by atoms with Gasteiger partial charge in [-0.1, -0.05) is 6.07 Å². The minimum Gasteiger partial charge on any atom is -0.373 e. The third kappa shape index (κ3) is 5.77. The van der Waals surface area contributed by atoms with Gasteiger partial charge in [-0.05, 0) is 63.8 Å². The Morgan fingerprint density at radius 3 is 2.60 bits per heavy atom. The molecule has 2 unspecified atom stereocenters. The number of amides is 2. The maximum absolute atomic E-state index is 13.0. The van der Waals surface area contributed by atoms with Gasteiger partial charge in [0, 0.05) is 34.3 Å². The average Bonchev–Trinajstić information content (AvgIpc) is 2.96. The Kier molecular flexibility index (Phi) is 7.96. The fraction of sp³-hybridized carbons (Fsp3) is 0.500. The summed E-state index contributed by atoms with van der Waals surface area (Å²) < 4.78 is 6.72. The van der Waals surface area contributed by atoms with Crippen LogP contribution in [0.2, 0.25) is 0 Å². The monoisotopic (exact) mass is 479 g/mol. The van der Waals surface area contributed by atoms with Gasteiger partial charge < -0.3 is 26.1 Å². The lowest BCUT2D eigenvalue weighted by Gasteiger charge is -2.29. The number of quaternary nitrogens is 1. The number of hydrogen-bond acceptors (Lipinski definition) is 4. The van der Waals surface area contributed by atoms with E-state index in [0.717, 1.165) is 21.3 Å². The van der Waals surface area contributed by atoms with Crippen LogP contribution in [0.4, 0.5) is 0 Å². The molecule has 1 aromatic rings. The minimum absolute atomic E-state index is 0.0542. The number of hydrogen-bond donors (Lipinski definition) is 3. The second kappa shape index (κ2) is 9.85. The zero-order chi connectivity index (χ0) is 22.6. The largest absolute Gasteiger partial charge is 0.373 e. The number of nitrogens with one attached hydrogen (secondary N) is 1. The van der Waals surface area contributed by atoms with Crippen molar-refractivity contribution in [2.24, 2.45) is 5.73 Å². The molecule has 7 nitrogen and oxygen atoms in total. The second-order valence-corrected chi connectivity index (χ2v) is 9.39. The summed E-state index contributed by atoms with van der Waals surface area (Å²) in [5, 5.41) is 9.58. The van der Waals surface area contributed by atoms with Gasteiger partial charge in [-0.2, -0.15) is 0 Å². The first-order valence-electron chi connectivity index (χ1n) is 10.1. The average molecular weight is 480 g/mol. The van der Waals surface area contributed by atoms with E-state index >= 15 is 0 Å². The number of ether oxygens (including phenoxy) is 1. The van der Waals surface area contributed by atoms with Crippen molar-refractivity contribution in [1.82, 2.24) is 4.90 Å². The van der Waals surface area contributed by atoms with Gasteiger partial charge in [-0.3, -0.25) is 9.59 Å². The van der Waals surface area contributed by atoms with Gasteiger partial charge in [0.2, 0.25) is 5.91 Å². The van der Waals surface area contributed by atoms with Crippen LogP contribution < -0.4 is 11.1 Å².